The number of fused-ring (bicyclic) bond motifs is 2. The van der Waals surface area contributed by atoms with E-state index in [1.165, 1.54) is 12.1 Å². The van der Waals surface area contributed by atoms with Crippen LogP contribution >= 0.6 is 0 Å². The normalized spacial score (nSPS) is 25.9. The molecule has 1 aliphatic carbocycles. The lowest BCUT2D eigenvalue weighted by Crippen LogP contribution is -2.53. The highest BCUT2D eigenvalue weighted by Gasteiger charge is 2.37. The molecule has 0 spiro atoms. The van der Waals surface area contributed by atoms with Crippen LogP contribution in [0.1, 0.15) is 30.4 Å². The molecule has 0 bridgehead atoms. The van der Waals surface area contributed by atoms with Gasteiger partial charge in [0.2, 0.25) is 0 Å². The number of nitrogens with two attached hydrogens (primary N) is 1. The number of hydrogen-bond acceptors (Lipinski definition) is 3. The maximum Gasteiger partial charge on any atom is 0.123 e. The fourth-order valence-corrected chi connectivity index (χ4v) is 4.21. The van der Waals surface area contributed by atoms with Crippen molar-refractivity contribution in [2.75, 3.05) is 4.90 Å². The summed E-state index contributed by atoms with van der Waals surface area (Å²) in [4.78, 5) is 2.06. The summed E-state index contributed by atoms with van der Waals surface area (Å²) in [5.41, 5.74) is 9.62. The van der Waals surface area contributed by atoms with Crippen molar-refractivity contribution in [1.29, 1.82) is 0 Å². The van der Waals surface area contributed by atoms with E-state index in [0.717, 1.165) is 41.8 Å². The van der Waals surface area contributed by atoms with Crippen molar-refractivity contribution in [2.45, 2.75) is 50.3 Å². The van der Waals surface area contributed by atoms with Crippen molar-refractivity contribution in [2.24, 2.45) is 5.73 Å². The first kappa shape index (κ1) is 16.5. The fraction of sp³-hybridized carbons (Fsp3) is 0.400. The number of benzene rings is 2. The Bertz CT molecular complexity index is 742. The van der Waals surface area contributed by atoms with Gasteiger partial charge in [0, 0.05) is 17.4 Å². The summed E-state index contributed by atoms with van der Waals surface area (Å²) in [6, 6.07) is 9.00. The van der Waals surface area contributed by atoms with Crippen LogP contribution in [0.25, 0.3) is 0 Å². The zero-order valence-electron chi connectivity index (χ0n) is 14.0. The highest BCUT2D eigenvalue weighted by Crippen LogP contribution is 2.41. The number of halogens is 2. The first-order chi connectivity index (χ1) is 12.0. The minimum Gasteiger partial charge on any atom is -0.389 e. The van der Waals surface area contributed by atoms with Gasteiger partial charge in [-0.3, -0.25) is 0 Å². The summed E-state index contributed by atoms with van der Waals surface area (Å²) in [5.74, 6) is -0.562. The number of aryl methyl sites for hydroxylation is 2. The Hall–Kier alpha value is -1.98. The first-order valence-corrected chi connectivity index (χ1v) is 8.84. The summed E-state index contributed by atoms with van der Waals surface area (Å²) >= 11 is 0. The number of rotatable bonds is 1. The molecule has 2 aliphatic rings. The lowest BCUT2D eigenvalue weighted by Gasteiger charge is -2.42. The van der Waals surface area contributed by atoms with Crippen molar-refractivity contribution in [1.82, 2.24) is 0 Å². The van der Waals surface area contributed by atoms with E-state index < -0.39 is 6.10 Å². The smallest absolute Gasteiger partial charge is 0.123 e. The third-order valence-electron chi connectivity index (χ3n) is 5.47. The summed E-state index contributed by atoms with van der Waals surface area (Å²) < 4.78 is 27.6. The molecule has 3 N–H and O–H groups in total. The first-order valence-electron chi connectivity index (χ1n) is 8.84. The predicted molar refractivity (Wildman–Crippen MR) is 94.0 cm³/mol. The Morgan fingerprint density at radius 2 is 1.48 bits per heavy atom. The van der Waals surface area contributed by atoms with E-state index in [0.29, 0.717) is 12.8 Å². The minimum absolute atomic E-state index is 0.199. The molecule has 0 amide bonds. The molecule has 1 aliphatic heterocycles. The second kappa shape index (κ2) is 6.39. The summed E-state index contributed by atoms with van der Waals surface area (Å²) in [6.45, 7) is 0. The average molecular weight is 344 g/mol. The molecule has 2 aromatic carbocycles. The Kier molecular flexibility index (Phi) is 4.21. The monoisotopic (exact) mass is 344 g/mol. The van der Waals surface area contributed by atoms with Crippen molar-refractivity contribution in [3.8, 4) is 0 Å². The van der Waals surface area contributed by atoms with E-state index in [9.17, 15) is 13.9 Å². The van der Waals surface area contributed by atoms with Crippen LogP contribution in [-0.4, -0.2) is 23.3 Å². The van der Waals surface area contributed by atoms with Crippen LogP contribution in [0.3, 0.4) is 0 Å². The number of aliphatic hydroxyl groups excluding tert-OH is 1. The highest BCUT2D eigenvalue weighted by atomic mass is 19.1. The molecule has 3 nitrogen and oxygen atoms in total. The van der Waals surface area contributed by atoms with Crippen LogP contribution in [0.2, 0.25) is 0 Å². The van der Waals surface area contributed by atoms with Crippen LogP contribution in [-0.2, 0) is 12.8 Å². The molecule has 0 radical (unpaired) electrons. The van der Waals surface area contributed by atoms with Gasteiger partial charge in [0.15, 0.2) is 0 Å². The number of hydrogen-bond donors (Lipinski definition) is 2. The lowest BCUT2D eigenvalue weighted by atomic mass is 9.86. The van der Waals surface area contributed by atoms with Gasteiger partial charge in [-0.15, -0.1) is 0 Å². The van der Waals surface area contributed by atoms with E-state index in [-0.39, 0.29) is 23.7 Å². The van der Waals surface area contributed by atoms with Gasteiger partial charge in [0.1, 0.15) is 11.6 Å². The van der Waals surface area contributed by atoms with Gasteiger partial charge in [0.25, 0.3) is 0 Å². The zero-order chi connectivity index (χ0) is 17.6. The maximum absolute atomic E-state index is 13.8. The van der Waals surface area contributed by atoms with Gasteiger partial charge in [-0.05, 0) is 79.6 Å². The SMILES string of the molecule is NC1CCCC(N2c3ccc(F)cc3CCc3cc(F)ccc32)C1O. The highest BCUT2D eigenvalue weighted by molar-refractivity contribution is 5.72. The average Bonchev–Trinajstić information content (AvgIpc) is 2.74. The molecule has 25 heavy (non-hydrogen) atoms. The third-order valence-corrected chi connectivity index (χ3v) is 5.47. The van der Waals surface area contributed by atoms with Crippen molar-refractivity contribution in [3.63, 3.8) is 0 Å². The van der Waals surface area contributed by atoms with Gasteiger partial charge >= 0.3 is 0 Å². The largest absolute Gasteiger partial charge is 0.389 e. The molecule has 3 unspecified atom stereocenters. The van der Waals surface area contributed by atoms with Gasteiger partial charge in [-0.1, -0.05) is 0 Å². The summed E-state index contributed by atoms with van der Waals surface area (Å²) in [5, 5.41) is 10.7. The van der Waals surface area contributed by atoms with E-state index in [2.05, 4.69) is 4.90 Å². The number of aliphatic hydroxyl groups is 1. The van der Waals surface area contributed by atoms with Crippen LogP contribution in [0, 0.1) is 11.6 Å². The molecule has 4 rings (SSSR count). The van der Waals surface area contributed by atoms with Crippen LogP contribution in [0.15, 0.2) is 36.4 Å². The molecular weight excluding hydrogens is 322 g/mol. The van der Waals surface area contributed by atoms with Crippen molar-refractivity contribution >= 4 is 11.4 Å². The zero-order valence-corrected chi connectivity index (χ0v) is 14.0. The minimum atomic E-state index is -0.678. The maximum atomic E-state index is 13.8. The molecule has 1 saturated carbocycles. The second-order valence-electron chi connectivity index (χ2n) is 7.07. The van der Waals surface area contributed by atoms with Gasteiger partial charge < -0.3 is 15.7 Å². The lowest BCUT2D eigenvalue weighted by molar-refractivity contribution is 0.0878. The predicted octanol–water partition coefficient (Wildman–Crippen LogP) is 3.44. The molecule has 3 atom stereocenters. The quantitative estimate of drug-likeness (QED) is 0.833. The number of nitrogens with zero attached hydrogens (tertiary/aromatic N) is 1. The molecule has 5 heteroatoms. The third kappa shape index (κ3) is 2.92. The van der Waals surface area contributed by atoms with Crippen LogP contribution in [0.5, 0.6) is 0 Å². The van der Waals surface area contributed by atoms with E-state index in [1.54, 1.807) is 24.3 Å². The molecule has 2 aromatic rings. The Morgan fingerprint density at radius 1 is 0.920 bits per heavy atom. The number of anilines is 2. The molecule has 1 heterocycles. The fourth-order valence-electron chi connectivity index (χ4n) is 4.21. The Morgan fingerprint density at radius 3 is 2.04 bits per heavy atom. The van der Waals surface area contributed by atoms with E-state index >= 15 is 0 Å². The second-order valence-corrected chi connectivity index (χ2v) is 7.07. The van der Waals surface area contributed by atoms with Crippen LogP contribution < -0.4 is 10.6 Å². The van der Waals surface area contributed by atoms with Crippen LogP contribution in [0.4, 0.5) is 20.2 Å². The van der Waals surface area contributed by atoms with Gasteiger partial charge in [-0.2, -0.15) is 0 Å². The summed E-state index contributed by atoms with van der Waals surface area (Å²) in [7, 11) is 0. The van der Waals surface area contributed by atoms with E-state index in [1.807, 2.05) is 0 Å². The van der Waals surface area contributed by atoms with Gasteiger partial charge in [0.05, 0.1) is 12.1 Å². The Balaban J connectivity index is 1.88. The topological polar surface area (TPSA) is 49.5 Å². The van der Waals surface area contributed by atoms with Crippen molar-refractivity contribution in [3.05, 3.63) is 59.2 Å². The van der Waals surface area contributed by atoms with Crippen molar-refractivity contribution < 1.29 is 13.9 Å². The molecule has 0 saturated heterocycles. The van der Waals surface area contributed by atoms with E-state index in [4.69, 9.17) is 5.73 Å². The van der Waals surface area contributed by atoms with Gasteiger partial charge in [-0.25, -0.2) is 8.78 Å². The standard InChI is InChI=1S/C20H22F2N2O/c21-14-6-8-17-12(10-14)4-5-13-11-15(22)7-9-18(13)24(17)19-3-1-2-16(23)20(19)25/h6-11,16,19-20,25H,1-5,23H2. The molecule has 1 fully saturated rings. The Labute approximate surface area is 146 Å². The molecule has 0 aromatic heterocycles. The summed E-state index contributed by atoms with van der Waals surface area (Å²) in [6.07, 6.45) is 3.10. The molecular formula is C20H22F2N2O. The molecule has 132 valence electrons.